The number of nitrogens with zero attached hydrogens (tertiary/aromatic N) is 4. The fourth-order valence-corrected chi connectivity index (χ4v) is 6.98. The van der Waals surface area contributed by atoms with Crippen LogP contribution in [0.4, 0.5) is 0 Å². The number of piperazine rings is 1. The molecule has 7 nitrogen and oxygen atoms in total. The molecule has 5 fully saturated rings. The number of carbonyl (C=O) groups excluding carboxylic acids is 1. The molecule has 32 heavy (non-hydrogen) atoms. The van der Waals surface area contributed by atoms with E-state index in [-0.39, 0.29) is 24.0 Å². The normalized spacial score (nSPS) is 32.4. The summed E-state index contributed by atoms with van der Waals surface area (Å²) in [6, 6.07) is 0.520. The lowest BCUT2D eigenvalue weighted by atomic mass is 9.54. The van der Waals surface area contributed by atoms with Crippen molar-refractivity contribution < 1.29 is 9.53 Å². The highest BCUT2D eigenvalue weighted by atomic mass is 127. The third kappa shape index (κ3) is 4.65. The maximum Gasteiger partial charge on any atom is 0.236 e. The van der Waals surface area contributed by atoms with Crippen LogP contribution in [0.1, 0.15) is 58.3 Å². The summed E-state index contributed by atoms with van der Waals surface area (Å²) in [6.07, 6.45) is 10.6. The lowest BCUT2D eigenvalue weighted by molar-refractivity contribution is -0.133. The van der Waals surface area contributed by atoms with Crippen LogP contribution >= 0.6 is 24.0 Å². The van der Waals surface area contributed by atoms with E-state index >= 15 is 0 Å². The van der Waals surface area contributed by atoms with Gasteiger partial charge in [0.25, 0.3) is 0 Å². The fraction of sp³-hybridized carbons (Fsp3) is 0.917. The quantitative estimate of drug-likeness (QED) is 0.326. The molecule has 0 aromatic heterocycles. The number of hydrogen-bond donors (Lipinski definition) is 1. The molecule has 0 bridgehead atoms. The molecule has 1 amide bonds. The second kappa shape index (κ2) is 10.8. The van der Waals surface area contributed by atoms with E-state index < -0.39 is 0 Å². The van der Waals surface area contributed by atoms with E-state index in [4.69, 9.17) is 9.73 Å². The van der Waals surface area contributed by atoms with Gasteiger partial charge in [0, 0.05) is 69.8 Å². The van der Waals surface area contributed by atoms with E-state index in [1.807, 2.05) is 0 Å². The SMILES string of the molecule is CCN=C(NC1C2CCOC2C12CCCC2)N1CCN(CC(=O)N2CCCCC2)CC1.I. The van der Waals surface area contributed by atoms with Gasteiger partial charge < -0.3 is 19.9 Å². The Kier molecular flexibility index (Phi) is 8.24. The Morgan fingerprint density at radius 2 is 1.72 bits per heavy atom. The van der Waals surface area contributed by atoms with Crippen LogP contribution < -0.4 is 5.32 Å². The molecule has 5 rings (SSSR count). The van der Waals surface area contributed by atoms with E-state index in [0.717, 1.165) is 71.2 Å². The number of halogens is 1. The first-order valence-electron chi connectivity index (χ1n) is 12.9. The molecule has 1 spiro atoms. The smallest absolute Gasteiger partial charge is 0.236 e. The number of likely N-dealkylation sites (tertiary alicyclic amines) is 1. The second-order valence-electron chi connectivity index (χ2n) is 10.3. The molecule has 8 heteroatoms. The summed E-state index contributed by atoms with van der Waals surface area (Å²) in [7, 11) is 0. The highest BCUT2D eigenvalue weighted by molar-refractivity contribution is 14.0. The molecule has 2 aliphatic carbocycles. The Labute approximate surface area is 210 Å². The maximum absolute atomic E-state index is 12.6. The first-order chi connectivity index (χ1) is 15.2. The van der Waals surface area contributed by atoms with Gasteiger partial charge in [-0.2, -0.15) is 0 Å². The minimum absolute atomic E-state index is 0. The van der Waals surface area contributed by atoms with Crippen molar-refractivity contribution in [3.8, 4) is 0 Å². The van der Waals surface area contributed by atoms with Gasteiger partial charge in [0.05, 0.1) is 12.6 Å². The zero-order valence-electron chi connectivity index (χ0n) is 19.8. The fourth-order valence-electron chi connectivity index (χ4n) is 6.98. The van der Waals surface area contributed by atoms with Gasteiger partial charge in [-0.1, -0.05) is 12.8 Å². The highest BCUT2D eigenvalue weighted by Gasteiger charge is 2.65. The number of nitrogens with one attached hydrogen (secondary N) is 1. The van der Waals surface area contributed by atoms with Crippen LogP contribution in [0.3, 0.4) is 0 Å². The van der Waals surface area contributed by atoms with Gasteiger partial charge in [0.2, 0.25) is 5.91 Å². The number of hydrogen-bond acceptors (Lipinski definition) is 4. The van der Waals surface area contributed by atoms with Gasteiger partial charge in [-0.25, -0.2) is 0 Å². The zero-order chi connectivity index (χ0) is 21.3. The van der Waals surface area contributed by atoms with E-state index in [2.05, 4.69) is 26.9 Å². The number of amides is 1. The number of guanidine groups is 1. The van der Waals surface area contributed by atoms with Gasteiger partial charge in [0.1, 0.15) is 0 Å². The summed E-state index contributed by atoms with van der Waals surface area (Å²) in [6.45, 7) is 10.1. The van der Waals surface area contributed by atoms with Crippen molar-refractivity contribution in [2.24, 2.45) is 16.3 Å². The lowest BCUT2D eigenvalue weighted by Gasteiger charge is -2.57. The van der Waals surface area contributed by atoms with E-state index in [9.17, 15) is 4.79 Å². The average molecular weight is 560 g/mol. The highest BCUT2D eigenvalue weighted by Crippen LogP contribution is 2.60. The molecular formula is C24H42IN5O2. The van der Waals surface area contributed by atoms with Crippen LogP contribution in [0.25, 0.3) is 0 Å². The second-order valence-corrected chi connectivity index (χ2v) is 10.3. The van der Waals surface area contributed by atoms with Crippen molar-refractivity contribution in [1.29, 1.82) is 0 Å². The Morgan fingerprint density at radius 3 is 2.41 bits per heavy atom. The van der Waals surface area contributed by atoms with Gasteiger partial charge in [-0.15, -0.1) is 24.0 Å². The molecule has 0 radical (unpaired) electrons. The van der Waals surface area contributed by atoms with E-state index in [1.54, 1.807) is 0 Å². The number of ether oxygens (including phenoxy) is 1. The number of rotatable bonds is 4. The largest absolute Gasteiger partial charge is 0.377 e. The Bertz CT molecular complexity index is 669. The predicted octanol–water partition coefficient (Wildman–Crippen LogP) is 2.55. The molecule has 3 heterocycles. The van der Waals surface area contributed by atoms with Gasteiger partial charge >= 0.3 is 0 Å². The Hall–Kier alpha value is -0.610. The summed E-state index contributed by atoms with van der Waals surface area (Å²) in [5.74, 6) is 2.06. The molecule has 0 aromatic carbocycles. The first kappa shape index (κ1) is 24.5. The summed E-state index contributed by atoms with van der Waals surface area (Å²) in [5, 5.41) is 3.94. The van der Waals surface area contributed by atoms with Crippen molar-refractivity contribution in [1.82, 2.24) is 20.0 Å². The predicted molar refractivity (Wildman–Crippen MR) is 138 cm³/mol. The van der Waals surface area contributed by atoms with Gasteiger partial charge in [-0.3, -0.25) is 14.7 Å². The topological polar surface area (TPSA) is 60.4 Å². The molecule has 0 aromatic rings. The number of piperidine rings is 1. The summed E-state index contributed by atoms with van der Waals surface area (Å²) < 4.78 is 6.17. The lowest BCUT2D eigenvalue weighted by Crippen LogP contribution is -2.70. The molecule has 5 aliphatic rings. The summed E-state index contributed by atoms with van der Waals surface area (Å²) >= 11 is 0. The molecule has 2 saturated carbocycles. The van der Waals surface area contributed by atoms with E-state index in [0.29, 0.717) is 35.9 Å². The molecule has 3 aliphatic heterocycles. The first-order valence-corrected chi connectivity index (χ1v) is 12.9. The monoisotopic (exact) mass is 559 g/mol. The number of fused-ring (bicyclic) bond motifs is 2. The Balaban J connectivity index is 0.00000245. The molecule has 3 saturated heterocycles. The van der Waals surface area contributed by atoms with Crippen molar-refractivity contribution in [2.45, 2.75) is 70.4 Å². The van der Waals surface area contributed by atoms with E-state index in [1.165, 1.54) is 38.5 Å². The Morgan fingerprint density at radius 1 is 1.00 bits per heavy atom. The van der Waals surface area contributed by atoms with Crippen LogP contribution in [0, 0.1) is 11.3 Å². The molecule has 182 valence electrons. The molecule has 3 atom stereocenters. The summed E-state index contributed by atoms with van der Waals surface area (Å²) in [4.78, 5) is 24.4. The van der Waals surface area contributed by atoms with Crippen LogP contribution in [0.15, 0.2) is 4.99 Å². The molecule has 1 N–H and O–H groups in total. The molecular weight excluding hydrogens is 517 g/mol. The number of carbonyl (C=O) groups is 1. The maximum atomic E-state index is 12.6. The van der Waals surface area contributed by atoms with Crippen LogP contribution in [0.5, 0.6) is 0 Å². The minimum Gasteiger partial charge on any atom is -0.377 e. The molecule has 3 unspecified atom stereocenters. The third-order valence-corrected chi connectivity index (χ3v) is 8.62. The van der Waals surface area contributed by atoms with Crippen molar-refractivity contribution >= 4 is 35.8 Å². The van der Waals surface area contributed by atoms with Crippen LogP contribution in [0.2, 0.25) is 0 Å². The standard InChI is InChI=1S/C24H41N5O2.HI/c1-2-25-23(26-21-19-8-17-31-22(19)24(21)9-4-5-10-24)29-15-13-27(14-16-29)18-20(30)28-11-6-3-7-12-28;/h19,21-22H,2-18H2,1H3,(H,25,26);1H. The van der Waals surface area contributed by atoms with Crippen molar-refractivity contribution in [3.05, 3.63) is 0 Å². The number of aliphatic imine (C=N–C) groups is 1. The van der Waals surface area contributed by atoms with Crippen molar-refractivity contribution in [2.75, 3.05) is 59.0 Å². The van der Waals surface area contributed by atoms with Crippen LogP contribution in [-0.4, -0.2) is 97.7 Å². The summed E-state index contributed by atoms with van der Waals surface area (Å²) in [5.41, 5.74) is 0.346. The minimum atomic E-state index is 0. The van der Waals surface area contributed by atoms with Gasteiger partial charge in [-0.05, 0) is 45.4 Å². The third-order valence-electron chi connectivity index (χ3n) is 8.62. The van der Waals surface area contributed by atoms with Crippen LogP contribution in [-0.2, 0) is 9.53 Å². The average Bonchev–Trinajstić information content (AvgIpc) is 3.47. The van der Waals surface area contributed by atoms with Crippen molar-refractivity contribution in [3.63, 3.8) is 0 Å². The zero-order valence-corrected chi connectivity index (χ0v) is 22.1. The van der Waals surface area contributed by atoms with Gasteiger partial charge in [0.15, 0.2) is 5.96 Å².